The Labute approximate surface area is 183 Å². The molecule has 7 nitrogen and oxygen atoms in total. The zero-order valence-corrected chi connectivity index (χ0v) is 17.8. The highest BCUT2D eigenvalue weighted by molar-refractivity contribution is 7.89. The molecule has 0 bridgehead atoms. The number of halogens is 3. The van der Waals surface area contributed by atoms with E-state index in [1.807, 2.05) is 36.5 Å². The van der Waals surface area contributed by atoms with E-state index in [1.54, 1.807) is 10.9 Å². The number of benzene rings is 2. The highest BCUT2D eigenvalue weighted by atomic mass is 32.2. The Morgan fingerprint density at radius 2 is 1.59 bits per heavy atom. The first-order valence-electron chi connectivity index (χ1n) is 9.88. The summed E-state index contributed by atoms with van der Waals surface area (Å²) in [7, 11) is -3.79. The molecule has 1 saturated heterocycles. The van der Waals surface area contributed by atoms with Crippen LogP contribution in [0.2, 0.25) is 0 Å². The number of piperazine rings is 1. The van der Waals surface area contributed by atoms with Crippen LogP contribution in [-0.4, -0.2) is 59.9 Å². The number of alkyl halides is 3. The van der Waals surface area contributed by atoms with Crippen LogP contribution in [0.5, 0.6) is 5.75 Å². The number of rotatable bonds is 6. The first-order valence-corrected chi connectivity index (χ1v) is 11.3. The number of hydrogen-bond acceptors (Lipinski definition) is 5. The van der Waals surface area contributed by atoms with Gasteiger partial charge in [-0.15, -0.1) is 13.2 Å². The van der Waals surface area contributed by atoms with Gasteiger partial charge >= 0.3 is 6.36 Å². The van der Waals surface area contributed by atoms with Crippen LogP contribution in [0.25, 0.3) is 5.69 Å². The molecule has 170 valence electrons. The fourth-order valence-corrected chi connectivity index (χ4v) is 4.95. The molecule has 1 fully saturated rings. The molecule has 1 aliphatic rings. The van der Waals surface area contributed by atoms with E-state index < -0.39 is 22.1 Å². The third-order valence-corrected chi connectivity index (χ3v) is 7.05. The topological polar surface area (TPSA) is 67.7 Å². The Kier molecular flexibility index (Phi) is 6.22. The number of ether oxygens (including phenoxy) is 1. The molecule has 0 unspecified atom stereocenters. The largest absolute Gasteiger partial charge is 0.573 e. The van der Waals surface area contributed by atoms with Gasteiger partial charge in [0.2, 0.25) is 10.0 Å². The monoisotopic (exact) mass is 466 g/mol. The Morgan fingerprint density at radius 1 is 0.938 bits per heavy atom. The van der Waals surface area contributed by atoms with Crippen molar-refractivity contribution in [1.29, 1.82) is 0 Å². The highest BCUT2D eigenvalue weighted by Crippen LogP contribution is 2.25. The van der Waals surface area contributed by atoms with Gasteiger partial charge in [-0.3, -0.25) is 4.90 Å². The lowest BCUT2D eigenvalue weighted by atomic mass is 10.2. The van der Waals surface area contributed by atoms with E-state index in [1.165, 1.54) is 4.31 Å². The first-order chi connectivity index (χ1) is 15.2. The first kappa shape index (κ1) is 22.3. The van der Waals surface area contributed by atoms with Crippen LogP contribution >= 0.6 is 0 Å². The maximum Gasteiger partial charge on any atom is 0.573 e. The van der Waals surface area contributed by atoms with Crippen LogP contribution in [0.1, 0.15) is 5.56 Å². The minimum Gasteiger partial charge on any atom is -0.406 e. The summed E-state index contributed by atoms with van der Waals surface area (Å²) >= 11 is 0. The second-order valence-corrected chi connectivity index (χ2v) is 9.25. The molecule has 11 heteroatoms. The van der Waals surface area contributed by atoms with E-state index >= 15 is 0 Å². The van der Waals surface area contributed by atoms with Gasteiger partial charge in [0.05, 0.1) is 10.6 Å². The highest BCUT2D eigenvalue weighted by Gasteiger charge is 2.32. The molecule has 1 aromatic heterocycles. The van der Waals surface area contributed by atoms with Gasteiger partial charge in [0.15, 0.2) is 0 Å². The molecular weight excluding hydrogens is 445 g/mol. The van der Waals surface area contributed by atoms with Crippen molar-refractivity contribution in [1.82, 2.24) is 19.0 Å². The van der Waals surface area contributed by atoms with Crippen molar-refractivity contribution in [3.63, 3.8) is 0 Å². The SMILES string of the molecule is O=S(=O)(c1ccc(OC(F)(F)F)cc1)N1CCN(Cc2ccc(-n3cccn3)cc2)CC1. The summed E-state index contributed by atoms with van der Waals surface area (Å²) in [6.07, 6.45) is -1.24. The predicted octanol–water partition coefficient (Wildman–Crippen LogP) is 3.28. The third kappa shape index (κ3) is 5.29. The minimum absolute atomic E-state index is 0.0605. The van der Waals surface area contributed by atoms with E-state index in [9.17, 15) is 21.6 Å². The summed E-state index contributed by atoms with van der Waals surface area (Å²) in [6, 6.07) is 14.1. The van der Waals surface area contributed by atoms with Gasteiger partial charge < -0.3 is 4.74 Å². The molecular formula is C21H21F3N4O3S. The number of sulfonamides is 1. The average Bonchev–Trinajstić information content (AvgIpc) is 3.29. The molecule has 0 aliphatic carbocycles. The molecule has 2 aromatic carbocycles. The van der Waals surface area contributed by atoms with Crippen molar-refractivity contribution in [2.75, 3.05) is 26.2 Å². The van der Waals surface area contributed by atoms with Crippen molar-refractivity contribution in [2.45, 2.75) is 17.8 Å². The number of hydrogen-bond donors (Lipinski definition) is 0. The molecule has 0 atom stereocenters. The molecule has 3 aromatic rings. The molecule has 0 spiro atoms. The molecule has 0 amide bonds. The maximum atomic E-state index is 12.8. The van der Waals surface area contributed by atoms with E-state index in [0.717, 1.165) is 35.5 Å². The molecule has 2 heterocycles. The van der Waals surface area contributed by atoms with E-state index in [-0.39, 0.29) is 4.90 Å². The van der Waals surface area contributed by atoms with Crippen molar-refractivity contribution in [3.8, 4) is 11.4 Å². The number of aromatic nitrogens is 2. The van der Waals surface area contributed by atoms with Gasteiger partial charge in [-0.1, -0.05) is 12.1 Å². The molecule has 32 heavy (non-hydrogen) atoms. The van der Waals surface area contributed by atoms with E-state index in [2.05, 4.69) is 14.7 Å². The molecule has 0 N–H and O–H groups in total. The van der Waals surface area contributed by atoms with Crippen molar-refractivity contribution in [3.05, 3.63) is 72.6 Å². The summed E-state index contributed by atoms with van der Waals surface area (Å²) < 4.78 is 69.4. The lowest BCUT2D eigenvalue weighted by molar-refractivity contribution is -0.274. The second kappa shape index (κ2) is 8.93. The van der Waals surface area contributed by atoms with Crippen LogP contribution < -0.4 is 4.74 Å². The van der Waals surface area contributed by atoms with Crippen molar-refractivity contribution >= 4 is 10.0 Å². The third-order valence-electron chi connectivity index (χ3n) is 5.14. The predicted molar refractivity (Wildman–Crippen MR) is 111 cm³/mol. The van der Waals surface area contributed by atoms with Crippen molar-refractivity contribution < 1.29 is 26.3 Å². The fraction of sp³-hybridized carbons (Fsp3) is 0.286. The fourth-order valence-electron chi connectivity index (χ4n) is 3.52. The summed E-state index contributed by atoms with van der Waals surface area (Å²) in [5.74, 6) is -0.458. The van der Waals surface area contributed by atoms with Crippen LogP contribution in [-0.2, 0) is 16.6 Å². The van der Waals surface area contributed by atoms with Crippen molar-refractivity contribution in [2.24, 2.45) is 0 Å². The quantitative estimate of drug-likeness (QED) is 0.558. The number of nitrogens with zero attached hydrogens (tertiary/aromatic N) is 4. The van der Waals surface area contributed by atoms with E-state index in [4.69, 9.17) is 0 Å². The van der Waals surface area contributed by atoms with E-state index in [0.29, 0.717) is 32.7 Å². The summed E-state index contributed by atoms with van der Waals surface area (Å²) in [5.41, 5.74) is 2.07. The minimum atomic E-state index is -4.82. The Bertz CT molecular complexity index is 1120. The van der Waals surface area contributed by atoms with Gasteiger partial charge in [0.1, 0.15) is 5.75 Å². The smallest absolute Gasteiger partial charge is 0.406 e. The van der Waals surface area contributed by atoms with Gasteiger partial charge in [-0.05, 0) is 48.0 Å². The lowest BCUT2D eigenvalue weighted by Crippen LogP contribution is -2.48. The summed E-state index contributed by atoms with van der Waals surface area (Å²) in [6.45, 7) is 2.39. The normalized spacial score (nSPS) is 16.2. The zero-order valence-electron chi connectivity index (χ0n) is 16.9. The molecule has 0 saturated carbocycles. The van der Waals surface area contributed by atoms with Gasteiger partial charge in [0.25, 0.3) is 0 Å². The molecule has 4 rings (SSSR count). The Morgan fingerprint density at radius 3 is 2.16 bits per heavy atom. The summed E-state index contributed by atoms with van der Waals surface area (Å²) in [4.78, 5) is 2.10. The molecule has 1 aliphatic heterocycles. The van der Waals surface area contributed by atoms with Gasteiger partial charge in [0, 0.05) is 45.1 Å². The summed E-state index contributed by atoms with van der Waals surface area (Å²) in [5, 5.41) is 4.20. The van der Waals surface area contributed by atoms with Crippen LogP contribution in [0.3, 0.4) is 0 Å². The second-order valence-electron chi connectivity index (χ2n) is 7.32. The Hall–Kier alpha value is -2.89. The van der Waals surface area contributed by atoms with Gasteiger partial charge in [-0.2, -0.15) is 9.40 Å². The maximum absolute atomic E-state index is 12.8. The standard InChI is InChI=1S/C21H21F3N4O3S/c22-21(23,24)31-19-6-8-20(9-7-19)32(29,30)27-14-12-26(13-15-27)16-17-2-4-18(5-3-17)28-11-1-10-25-28/h1-11H,12-16H2. The Balaban J connectivity index is 1.33. The lowest BCUT2D eigenvalue weighted by Gasteiger charge is -2.34. The van der Waals surface area contributed by atoms with Crippen LogP contribution in [0.15, 0.2) is 71.9 Å². The average molecular weight is 466 g/mol. The zero-order chi connectivity index (χ0) is 22.8. The van der Waals surface area contributed by atoms with Crippen LogP contribution in [0, 0.1) is 0 Å². The molecule has 0 radical (unpaired) electrons. The van der Waals surface area contributed by atoms with Crippen LogP contribution in [0.4, 0.5) is 13.2 Å². The van der Waals surface area contributed by atoms with Gasteiger partial charge in [-0.25, -0.2) is 13.1 Å².